The minimum absolute atomic E-state index is 0.360. The van der Waals surface area contributed by atoms with Crippen LogP contribution in [-0.4, -0.2) is 0 Å². The third-order valence-electron chi connectivity index (χ3n) is 7.38. The van der Waals surface area contributed by atoms with Crippen molar-refractivity contribution < 1.29 is 0 Å². The van der Waals surface area contributed by atoms with E-state index in [0.717, 1.165) is 0 Å². The van der Waals surface area contributed by atoms with Crippen LogP contribution in [0.1, 0.15) is 72.7 Å². The fraction of sp³-hybridized carbons (Fsp3) is 0.333. The predicted molar refractivity (Wildman–Crippen MR) is 182 cm³/mol. The topological polar surface area (TPSA) is 0 Å². The molecule has 0 saturated heterocycles. The van der Waals surface area contributed by atoms with E-state index in [-0.39, 0.29) is 0 Å². The molecule has 0 amide bonds. The van der Waals surface area contributed by atoms with Crippen LogP contribution in [0.4, 0.5) is 0 Å². The summed E-state index contributed by atoms with van der Waals surface area (Å²) < 4.78 is 0. The molecule has 0 aliphatic carbocycles. The van der Waals surface area contributed by atoms with Crippen LogP contribution in [0.3, 0.4) is 0 Å². The SMILES string of the molecule is CC(C)C(Br)c1ccc(-c2cc(-c3ccc(C(Br)C(C)C)cc3)cc(-c3ccc(C(Br)C(C)C)cc3)c2)cc1. The Labute approximate surface area is 261 Å². The van der Waals surface area contributed by atoms with Gasteiger partial charge in [0, 0.05) is 14.5 Å². The summed E-state index contributed by atoms with van der Waals surface area (Å²) >= 11 is 11.6. The summed E-state index contributed by atoms with van der Waals surface area (Å²) in [6.07, 6.45) is 0. The third kappa shape index (κ3) is 7.34. The van der Waals surface area contributed by atoms with E-state index in [4.69, 9.17) is 0 Å². The molecule has 4 aromatic carbocycles. The number of halogens is 3. The van der Waals surface area contributed by atoms with Crippen molar-refractivity contribution in [3.63, 3.8) is 0 Å². The number of benzene rings is 4. The summed E-state index contributed by atoms with van der Waals surface area (Å²) in [5, 5.41) is 0. The lowest BCUT2D eigenvalue weighted by Crippen LogP contribution is -1.98. The molecule has 0 saturated carbocycles. The first-order chi connectivity index (χ1) is 18.5. The predicted octanol–water partition coefficient (Wildman–Crippen LogP) is 13.0. The molecule has 39 heavy (non-hydrogen) atoms. The minimum atomic E-state index is 0.360. The summed E-state index contributed by atoms with van der Waals surface area (Å²) in [5.74, 6) is 1.63. The fourth-order valence-electron chi connectivity index (χ4n) is 4.86. The molecule has 0 aliphatic heterocycles. The molecule has 3 atom stereocenters. The Hall–Kier alpha value is -1.68. The van der Waals surface area contributed by atoms with Crippen LogP contribution in [0.5, 0.6) is 0 Å². The molecule has 0 fully saturated rings. The van der Waals surface area contributed by atoms with Gasteiger partial charge in [-0.15, -0.1) is 0 Å². The number of hydrogen-bond donors (Lipinski definition) is 0. The van der Waals surface area contributed by atoms with Gasteiger partial charge in [-0.05, 0) is 86.0 Å². The Bertz CT molecular complexity index is 1170. The molecule has 0 bridgehead atoms. The second kappa shape index (κ2) is 13.3. The van der Waals surface area contributed by atoms with Gasteiger partial charge in [0.15, 0.2) is 0 Å². The number of alkyl halides is 3. The lowest BCUT2D eigenvalue weighted by Gasteiger charge is -2.17. The first kappa shape index (κ1) is 30.3. The monoisotopic (exact) mass is 708 g/mol. The van der Waals surface area contributed by atoms with E-state index in [2.05, 4.69) is 180 Å². The summed E-state index contributed by atoms with van der Waals surface area (Å²) in [6.45, 7) is 13.5. The Balaban J connectivity index is 1.77. The first-order valence-corrected chi connectivity index (χ1v) is 16.7. The Morgan fingerprint density at radius 3 is 0.718 bits per heavy atom. The van der Waals surface area contributed by atoms with E-state index in [1.165, 1.54) is 50.1 Å². The van der Waals surface area contributed by atoms with Gasteiger partial charge < -0.3 is 0 Å². The van der Waals surface area contributed by atoms with Crippen LogP contribution in [0.15, 0.2) is 91.0 Å². The highest BCUT2D eigenvalue weighted by Gasteiger charge is 2.15. The van der Waals surface area contributed by atoms with E-state index in [9.17, 15) is 0 Å². The maximum absolute atomic E-state index is 3.86. The minimum Gasteiger partial charge on any atom is -0.0836 e. The van der Waals surface area contributed by atoms with Gasteiger partial charge in [-0.1, -0.05) is 162 Å². The van der Waals surface area contributed by atoms with Crippen molar-refractivity contribution in [3.05, 3.63) is 108 Å². The smallest absolute Gasteiger partial charge is 0.0418 e. The van der Waals surface area contributed by atoms with Gasteiger partial charge in [0.25, 0.3) is 0 Å². The number of hydrogen-bond acceptors (Lipinski definition) is 0. The molecule has 3 heteroatoms. The molecule has 3 unspecified atom stereocenters. The standard InChI is InChI=1S/C36H39Br3/c1-22(2)34(37)28-13-7-25(8-14-28)31-19-32(26-9-15-29(16-10-26)35(38)23(3)4)21-33(20-31)27-11-17-30(18-12-27)36(39)24(5)6/h7-24,34-36H,1-6H3. The highest BCUT2D eigenvalue weighted by molar-refractivity contribution is 9.09. The Kier molecular flexibility index (Phi) is 10.3. The average molecular weight is 711 g/mol. The first-order valence-electron chi connectivity index (χ1n) is 13.9. The van der Waals surface area contributed by atoms with Gasteiger partial charge in [0.05, 0.1) is 0 Å². The highest BCUT2D eigenvalue weighted by atomic mass is 79.9. The van der Waals surface area contributed by atoms with E-state index >= 15 is 0 Å². The molecule has 0 aromatic heterocycles. The highest BCUT2D eigenvalue weighted by Crippen LogP contribution is 2.38. The van der Waals surface area contributed by atoms with Crippen molar-refractivity contribution in [1.82, 2.24) is 0 Å². The molecule has 0 aliphatic rings. The van der Waals surface area contributed by atoms with E-state index < -0.39 is 0 Å². The van der Waals surface area contributed by atoms with Crippen LogP contribution in [-0.2, 0) is 0 Å². The molecule has 0 heterocycles. The zero-order chi connectivity index (χ0) is 28.3. The maximum Gasteiger partial charge on any atom is 0.0418 e. The van der Waals surface area contributed by atoms with Crippen LogP contribution < -0.4 is 0 Å². The van der Waals surface area contributed by atoms with Gasteiger partial charge in [-0.3, -0.25) is 0 Å². The van der Waals surface area contributed by atoms with Gasteiger partial charge in [-0.25, -0.2) is 0 Å². The lowest BCUT2D eigenvalue weighted by molar-refractivity contribution is 0.641. The largest absolute Gasteiger partial charge is 0.0836 e. The molecule has 4 aromatic rings. The Morgan fingerprint density at radius 1 is 0.333 bits per heavy atom. The number of rotatable bonds is 9. The van der Waals surface area contributed by atoms with E-state index in [1.807, 2.05) is 0 Å². The molecule has 204 valence electrons. The van der Waals surface area contributed by atoms with Crippen molar-refractivity contribution in [3.8, 4) is 33.4 Å². The van der Waals surface area contributed by atoms with Gasteiger partial charge in [0.1, 0.15) is 0 Å². The zero-order valence-corrected chi connectivity index (χ0v) is 28.5. The van der Waals surface area contributed by atoms with E-state index in [1.54, 1.807) is 0 Å². The Morgan fingerprint density at radius 2 is 0.538 bits per heavy atom. The van der Waals surface area contributed by atoms with Crippen molar-refractivity contribution in [2.24, 2.45) is 17.8 Å². The normalized spacial score (nSPS) is 14.2. The summed E-state index contributed by atoms with van der Waals surface area (Å²) in [7, 11) is 0. The lowest BCUT2D eigenvalue weighted by atomic mass is 9.91. The van der Waals surface area contributed by atoms with Crippen LogP contribution in [0.25, 0.3) is 33.4 Å². The van der Waals surface area contributed by atoms with Crippen LogP contribution >= 0.6 is 47.8 Å². The summed E-state index contributed by atoms with van der Waals surface area (Å²) in [4.78, 5) is 1.08. The van der Waals surface area contributed by atoms with E-state index in [0.29, 0.717) is 32.2 Å². The van der Waals surface area contributed by atoms with Crippen molar-refractivity contribution in [1.29, 1.82) is 0 Å². The van der Waals surface area contributed by atoms with Crippen LogP contribution in [0.2, 0.25) is 0 Å². The zero-order valence-electron chi connectivity index (χ0n) is 23.8. The third-order valence-corrected chi connectivity index (χ3v) is 12.1. The molecule has 0 spiro atoms. The molecular formula is C36H39Br3. The summed E-state index contributed by atoms with van der Waals surface area (Å²) in [6, 6.07) is 34.1. The molecule has 4 rings (SSSR count). The van der Waals surface area contributed by atoms with Crippen LogP contribution in [0, 0.1) is 17.8 Å². The molecular weight excluding hydrogens is 672 g/mol. The second-order valence-corrected chi connectivity index (χ2v) is 14.6. The van der Waals surface area contributed by atoms with Gasteiger partial charge in [-0.2, -0.15) is 0 Å². The van der Waals surface area contributed by atoms with Gasteiger partial charge in [0.2, 0.25) is 0 Å². The van der Waals surface area contributed by atoms with Crippen molar-refractivity contribution >= 4 is 47.8 Å². The molecule has 0 radical (unpaired) electrons. The van der Waals surface area contributed by atoms with Gasteiger partial charge >= 0.3 is 0 Å². The summed E-state index contributed by atoms with van der Waals surface area (Å²) in [5.41, 5.74) is 11.4. The molecule has 0 N–H and O–H groups in total. The maximum atomic E-state index is 3.86. The molecule has 0 nitrogen and oxygen atoms in total. The fourth-order valence-corrected chi connectivity index (χ4v) is 5.78. The average Bonchev–Trinajstić information content (AvgIpc) is 2.95. The quantitative estimate of drug-likeness (QED) is 0.152. The van der Waals surface area contributed by atoms with Crippen molar-refractivity contribution in [2.75, 3.05) is 0 Å². The second-order valence-electron chi connectivity index (χ2n) is 11.6. The van der Waals surface area contributed by atoms with Crippen molar-refractivity contribution in [2.45, 2.75) is 56.0 Å².